The lowest BCUT2D eigenvalue weighted by Crippen LogP contribution is -2.31. The number of amides is 2. The minimum absolute atomic E-state index is 0.00327. The molecule has 1 fully saturated rings. The molecule has 0 aromatic heterocycles. The number of aryl methyl sites for hydroxylation is 1. The van der Waals surface area contributed by atoms with Crippen LogP contribution in [0.4, 0.5) is 4.79 Å². The Balaban J connectivity index is 1.54. The third-order valence-corrected chi connectivity index (χ3v) is 3.81. The number of nitrogens with zero attached hydrogens (tertiary/aromatic N) is 1. The lowest BCUT2D eigenvalue weighted by molar-refractivity contribution is 0.202. The van der Waals surface area contributed by atoms with E-state index in [0.717, 1.165) is 31.7 Å². The lowest BCUT2D eigenvalue weighted by atomic mass is 10.1. The maximum atomic E-state index is 11.4. The Morgan fingerprint density at radius 1 is 1.47 bits per heavy atom. The second kappa shape index (κ2) is 5.09. The van der Waals surface area contributed by atoms with E-state index in [9.17, 15) is 4.79 Å². The molecule has 1 atom stereocenters. The molecule has 2 amide bonds. The number of nitrogens with two attached hydrogens (primary N) is 1. The van der Waals surface area contributed by atoms with Gasteiger partial charge < -0.3 is 20.7 Å². The van der Waals surface area contributed by atoms with Crippen LogP contribution in [0.3, 0.4) is 0 Å². The topological polar surface area (TPSA) is 67.6 Å². The van der Waals surface area contributed by atoms with E-state index in [1.54, 1.807) is 4.90 Å². The Morgan fingerprint density at radius 2 is 2.37 bits per heavy atom. The number of ether oxygens (including phenoxy) is 1. The second-order valence-corrected chi connectivity index (χ2v) is 5.07. The number of rotatable bonds is 4. The number of hydrogen-bond donors (Lipinski definition) is 2. The van der Waals surface area contributed by atoms with E-state index in [4.69, 9.17) is 10.5 Å². The number of urea groups is 1. The molecular weight excluding hydrogens is 242 g/mol. The predicted molar refractivity (Wildman–Crippen MR) is 72.2 cm³/mol. The normalized spacial score (nSPS) is 21.4. The fourth-order valence-corrected chi connectivity index (χ4v) is 2.71. The van der Waals surface area contributed by atoms with Crippen molar-refractivity contribution in [2.45, 2.75) is 18.9 Å². The molecule has 0 bridgehead atoms. The van der Waals surface area contributed by atoms with Crippen LogP contribution in [0.2, 0.25) is 0 Å². The number of fused-ring (bicyclic) bond motifs is 1. The monoisotopic (exact) mass is 261 g/mol. The number of nitrogens with one attached hydrogen (secondary N) is 1. The van der Waals surface area contributed by atoms with E-state index in [1.165, 1.54) is 11.1 Å². The maximum Gasteiger partial charge on any atom is 0.317 e. The Kier molecular flexibility index (Phi) is 3.29. The van der Waals surface area contributed by atoms with E-state index in [0.29, 0.717) is 13.2 Å². The fraction of sp³-hybridized carbons (Fsp3) is 0.500. The fourth-order valence-electron chi connectivity index (χ4n) is 2.71. The molecule has 0 radical (unpaired) electrons. The highest BCUT2D eigenvalue weighted by Crippen LogP contribution is 2.31. The summed E-state index contributed by atoms with van der Waals surface area (Å²) >= 11 is 0. The molecule has 1 aromatic carbocycles. The van der Waals surface area contributed by atoms with Crippen LogP contribution in [0, 0.1) is 0 Å². The van der Waals surface area contributed by atoms with Crippen LogP contribution < -0.4 is 15.8 Å². The van der Waals surface area contributed by atoms with Gasteiger partial charge >= 0.3 is 6.03 Å². The zero-order chi connectivity index (χ0) is 13.2. The first kappa shape index (κ1) is 12.3. The molecule has 5 nitrogen and oxygen atoms in total. The summed E-state index contributed by atoms with van der Waals surface area (Å²) in [6, 6.07) is 6.28. The van der Waals surface area contributed by atoms with Crippen molar-refractivity contribution in [3.05, 3.63) is 29.3 Å². The van der Waals surface area contributed by atoms with Gasteiger partial charge in [-0.15, -0.1) is 0 Å². The van der Waals surface area contributed by atoms with Crippen molar-refractivity contribution >= 4 is 6.03 Å². The summed E-state index contributed by atoms with van der Waals surface area (Å²) in [7, 11) is 0. The number of carbonyl (C=O) groups excluding carboxylic acids is 1. The molecule has 1 aliphatic carbocycles. The lowest BCUT2D eigenvalue weighted by Gasteiger charge is -2.15. The highest BCUT2D eigenvalue weighted by Gasteiger charge is 2.20. The van der Waals surface area contributed by atoms with Gasteiger partial charge in [-0.1, -0.05) is 6.07 Å². The molecule has 2 aliphatic rings. The van der Waals surface area contributed by atoms with E-state index < -0.39 is 0 Å². The second-order valence-electron chi connectivity index (χ2n) is 5.07. The molecule has 5 heteroatoms. The van der Waals surface area contributed by atoms with Gasteiger partial charge in [-0.05, 0) is 36.1 Å². The van der Waals surface area contributed by atoms with Gasteiger partial charge in [-0.25, -0.2) is 4.79 Å². The summed E-state index contributed by atoms with van der Waals surface area (Å²) in [5.74, 6) is 0.868. The van der Waals surface area contributed by atoms with E-state index in [2.05, 4.69) is 17.4 Å². The van der Waals surface area contributed by atoms with E-state index in [-0.39, 0.29) is 12.1 Å². The predicted octanol–water partition coefficient (Wildman–Crippen LogP) is 1.04. The molecule has 1 saturated heterocycles. The van der Waals surface area contributed by atoms with E-state index >= 15 is 0 Å². The first-order valence-electron chi connectivity index (χ1n) is 6.78. The average Bonchev–Trinajstić information content (AvgIpc) is 2.97. The smallest absolute Gasteiger partial charge is 0.317 e. The number of benzene rings is 1. The molecule has 0 spiro atoms. The quantitative estimate of drug-likeness (QED) is 0.851. The van der Waals surface area contributed by atoms with Gasteiger partial charge in [0.05, 0.1) is 6.54 Å². The van der Waals surface area contributed by atoms with Crippen LogP contribution in [0.15, 0.2) is 18.2 Å². The Morgan fingerprint density at radius 3 is 3.16 bits per heavy atom. The minimum atomic E-state index is 0.00327. The average molecular weight is 261 g/mol. The summed E-state index contributed by atoms with van der Waals surface area (Å²) < 4.78 is 5.71. The molecule has 1 heterocycles. The molecular formula is C14H19N3O2. The Labute approximate surface area is 112 Å². The summed E-state index contributed by atoms with van der Waals surface area (Å²) in [5, 5.41) is 2.77. The summed E-state index contributed by atoms with van der Waals surface area (Å²) in [4.78, 5) is 13.1. The number of carbonyl (C=O) groups is 1. The SMILES string of the molecule is N[C@@H]1CCc2cc(OCCN3CCNC3=O)ccc21. The minimum Gasteiger partial charge on any atom is -0.492 e. The van der Waals surface area contributed by atoms with E-state index in [1.807, 2.05) is 6.07 Å². The van der Waals surface area contributed by atoms with Gasteiger partial charge in [0, 0.05) is 19.1 Å². The van der Waals surface area contributed by atoms with Crippen LogP contribution in [-0.2, 0) is 6.42 Å². The zero-order valence-electron chi connectivity index (χ0n) is 10.9. The zero-order valence-corrected chi connectivity index (χ0v) is 10.9. The molecule has 1 aliphatic heterocycles. The first-order chi connectivity index (χ1) is 9.24. The molecule has 3 N–H and O–H groups in total. The third-order valence-electron chi connectivity index (χ3n) is 3.81. The summed E-state index contributed by atoms with van der Waals surface area (Å²) in [5.41, 5.74) is 8.54. The van der Waals surface area contributed by atoms with Crippen molar-refractivity contribution in [3.63, 3.8) is 0 Å². The van der Waals surface area contributed by atoms with Crippen molar-refractivity contribution in [3.8, 4) is 5.75 Å². The first-order valence-corrected chi connectivity index (χ1v) is 6.78. The number of hydrogen-bond acceptors (Lipinski definition) is 3. The van der Waals surface area contributed by atoms with Gasteiger partial charge in [-0.3, -0.25) is 0 Å². The molecule has 0 saturated carbocycles. The van der Waals surface area contributed by atoms with Crippen molar-refractivity contribution in [1.29, 1.82) is 0 Å². The van der Waals surface area contributed by atoms with Gasteiger partial charge in [0.2, 0.25) is 0 Å². The van der Waals surface area contributed by atoms with Crippen molar-refractivity contribution < 1.29 is 9.53 Å². The van der Waals surface area contributed by atoms with Gasteiger partial charge in [0.1, 0.15) is 12.4 Å². The third kappa shape index (κ3) is 2.51. The van der Waals surface area contributed by atoms with Crippen molar-refractivity contribution in [1.82, 2.24) is 10.2 Å². The van der Waals surface area contributed by atoms with Crippen LogP contribution in [0.25, 0.3) is 0 Å². The Hall–Kier alpha value is -1.75. The maximum absolute atomic E-state index is 11.4. The van der Waals surface area contributed by atoms with Gasteiger partial charge in [-0.2, -0.15) is 0 Å². The van der Waals surface area contributed by atoms with Crippen LogP contribution in [0.1, 0.15) is 23.6 Å². The molecule has 102 valence electrons. The van der Waals surface area contributed by atoms with Crippen LogP contribution >= 0.6 is 0 Å². The van der Waals surface area contributed by atoms with Crippen molar-refractivity contribution in [2.24, 2.45) is 5.73 Å². The van der Waals surface area contributed by atoms with Crippen LogP contribution in [0.5, 0.6) is 5.75 Å². The molecule has 19 heavy (non-hydrogen) atoms. The summed E-state index contributed by atoms with van der Waals surface area (Å²) in [6.45, 7) is 2.65. The summed E-state index contributed by atoms with van der Waals surface area (Å²) in [6.07, 6.45) is 2.05. The largest absolute Gasteiger partial charge is 0.492 e. The molecule has 3 rings (SSSR count). The van der Waals surface area contributed by atoms with Gasteiger partial charge in [0.25, 0.3) is 0 Å². The van der Waals surface area contributed by atoms with Gasteiger partial charge in [0.15, 0.2) is 0 Å². The Bertz CT molecular complexity index is 490. The van der Waals surface area contributed by atoms with Crippen molar-refractivity contribution in [2.75, 3.05) is 26.2 Å². The highest BCUT2D eigenvalue weighted by molar-refractivity contribution is 5.76. The molecule has 0 unspecified atom stereocenters. The van der Waals surface area contributed by atoms with Crippen LogP contribution in [-0.4, -0.2) is 37.2 Å². The highest BCUT2D eigenvalue weighted by atomic mass is 16.5. The standard InChI is InChI=1S/C14H19N3O2/c15-13-4-1-10-9-11(2-3-12(10)13)19-8-7-17-6-5-16-14(17)18/h2-3,9,13H,1,4-8,15H2,(H,16,18)/t13-/m1/s1. The molecule has 1 aromatic rings.